The smallest absolute Gasteiger partial charge is 0.335 e. The Kier molecular flexibility index (Phi) is 7.06. The predicted octanol–water partition coefficient (Wildman–Crippen LogP) is -0.420. The van der Waals surface area contributed by atoms with Crippen molar-refractivity contribution in [1.29, 1.82) is 0 Å². The molecule has 122 valence electrons. The van der Waals surface area contributed by atoms with Crippen LogP contribution in [0.25, 0.3) is 0 Å². The molecule has 21 heavy (non-hydrogen) atoms. The summed E-state index contributed by atoms with van der Waals surface area (Å²) in [6, 6.07) is -1.68. The van der Waals surface area contributed by atoms with Crippen LogP contribution in [0, 0.1) is 0 Å². The lowest BCUT2D eigenvalue weighted by molar-refractivity contribution is -0.157. The molecule has 1 N–H and O–H groups in total. The standard InChI is InChI=1S/C12H21NO7S/c1-3-18-11(14)10(12(15)19-4-2)13-21(16,17)8-9-6-5-7-20-9/h9-10,13H,3-8H2,1-2H3. The Labute approximate surface area is 124 Å². The highest BCUT2D eigenvalue weighted by molar-refractivity contribution is 7.89. The minimum Gasteiger partial charge on any atom is -0.464 e. The Morgan fingerprint density at radius 2 is 1.81 bits per heavy atom. The molecule has 1 fully saturated rings. The molecular formula is C12H21NO7S. The van der Waals surface area contributed by atoms with Gasteiger partial charge in [-0.2, -0.15) is 4.72 Å². The quantitative estimate of drug-likeness (QED) is 0.477. The van der Waals surface area contributed by atoms with E-state index in [2.05, 4.69) is 9.47 Å². The Morgan fingerprint density at radius 3 is 2.24 bits per heavy atom. The molecule has 1 heterocycles. The first-order valence-electron chi connectivity index (χ1n) is 6.84. The first-order valence-corrected chi connectivity index (χ1v) is 8.49. The molecule has 0 radical (unpaired) electrons. The molecule has 0 amide bonds. The summed E-state index contributed by atoms with van der Waals surface area (Å²) in [6.07, 6.45) is 0.997. The van der Waals surface area contributed by atoms with E-state index in [9.17, 15) is 18.0 Å². The van der Waals surface area contributed by atoms with Gasteiger partial charge in [0.2, 0.25) is 16.1 Å². The summed E-state index contributed by atoms with van der Waals surface area (Å²) in [7, 11) is -3.87. The maximum atomic E-state index is 12.0. The van der Waals surface area contributed by atoms with Crippen molar-refractivity contribution in [2.45, 2.75) is 38.8 Å². The van der Waals surface area contributed by atoms with Crippen molar-refractivity contribution in [3.63, 3.8) is 0 Å². The van der Waals surface area contributed by atoms with Crippen LogP contribution < -0.4 is 4.72 Å². The van der Waals surface area contributed by atoms with Crippen LogP contribution in [0.3, 0.4) is 0 Å². The van der Waals surface area contributed by atoms with E-state index in [0.29, 0.717) is 13.0 Å². The van der Waals surface area contributed by atoms with Crippen LogP contribution >= 0.6 is 0 Å². The molecule has 1 unspecified atom stereocenters. The number of ether oxygens (including phenoxy) is 3. The van der Waals surface area contributed by atoms with Crippen LogP contribution in [0.4, 0.5) is 0 Å². The maximum Gasteiger partial charge on any atom is 0.335 e. The average molecular weight is 323 g/mol. The van der Waals surface area contributed by atoms with E-state index < -0.39 is 34.1 Å². The second-order valence-electron chi connectivity index (χ2n) is 4.47. The zero-order valence-electron chi connectivity index (χ0n) is 12.2. The highest BCUT2D eigenvalue weighted by Crippen LogP contribution is 2.13. The second kappa shape index (κ2) is 8.30. The molecule has 1 saturated heterocycles. The van der Waals surface area contributed by atoms with E-state index in [1.807, 2.05) is 4.72 Å². The first-order chi connectivity index (χ1) is 9.89. The number of carbonyl (C=O) groups excluding carboxylic acids is 2. The molecule has 0 spiro atoms. The minimum atomic E-state index is -3.87. The molecule has 0 aliphatic carbocycles. The monoisotopic (exact) mass is 323 g/mol. The lowest BCUT2D eigenvalue weighted by atomic mass is 10.3. The fourth-order valence-electron chi connectivity index (χ4n) is 1.89. The lowest BCUT2D eigenvalue weighted by Crippen LogP contribution is -2.49. The number of esters is 2. The van der Waals surface area contributed by atoms with Gasteiger partial charge in [0, 0.05) is 6.61 Å². The molecule has 1 aliphatic rings. The third-order valence-corrected chi connectivity index (χ3v) is 4.18. The zero-order chi connectivity index (χ0) is 15.9. The second-order valence-corrected chi connectivity index (χ2v) is 6.27. The van der Waals surface area contributed by atoms with E-state index in [4.69, 9.17) is 4.74 Å². The highest BCUT2D eigenvalue weighted by Gasteiger charge is 2.35. The van der Waals surface area contributed by atoms with Crippen molar-refractivity contribution >= 4 is 22.0 Å². The minimum absolute atomic E-state index is 0.0300. The van der Waals surface area contributed by atoms with Gasteiger partial charge in [0.25, 0.3) is 0 Å². The summed E-state index contributed by atoms with van der Waals surface area (Å²) < 4.78 is 40.7. The summed E-state index contributed by atoms with van der Waals surface area (Å²) in [4.78, 5) is 23.4. The Bertz CT molecular complexity index is 438. The number of carbonyl (C=O) groups is 2. The maximum absolute atomic E-state index is 12.0. The van der Waals surface area contributed by atoms with E-state index in [0.717, 1.165) is 6.42 Å². The van der Waals surface area contributed by atoms with Gasteiger partial charge in [-0.1, -0.05) is 0 Å². The van der Waals surface area contributed by atoms with Crippen LogP contribution in [0.5, 0.6) is 0 Å². The number of rotatable bonds is 8. The highest BCUT2D eigenvalue weighted by atomic mass is 32.2. The predicted molar refractivity (Wildman–Crippen MR) is 73.0 cm³/mol. The first kappa shape index (κ1) is 17.9. The van der Waals surface area contributed by atoms with Crippen molar-refractivity contribution in [2.24, 2.45) is 0 Å². The van der Waals surface area contributed by atoms with Gasteiger partial charge in [0.05, 0.1) is 25.1 Å². The molecule has 0 bridgehead atoms. The summed E-state index contributed by atoms with van der Waals surface area (Å²) in [5.41, 5.74) is 0. The van der Waals surface area contributed by atoms with Crippen LogP contribution in [0.15, 0.2) is 0 Å². The summed E-state index contributed by atoms with van der Waals surface area (Å²) >= 11 is 0. The fourth-order valence-corrected chi connectivity index (χ4v) is 3.29. The third-order valence-electron chi connectivity index (χ3n) is 2.77. The third kappa shape index (κ3) is 5.98. The van der Waals surface area contributed by atoms with Gasteiger partial charge >= 0.3 is 11.9 Å². The topological polar surface area (TPSA) is 108 Å². The molecule has 0 saturated carbocycles. The Morgan fingerprint density at radius 1 is 1.24 bits per heavy atom. The van der Waals surface area contributed by atoms with Crippen molar-refractivity contribution in [2.75, 3.05) is 25.6 Å². The van der Waals surface area contributed by atoms with Crippen molar-refractivity contribution in [1.82, 2.24) is 4.72 Å². The van der Waals surface area contributed by atoms with E-state index in [1.165, 1.54) is 0 Å². The fraction of sp³-hybridized carbons (Fsp3) is 0.833. The van der Waals surface area contributed by atoms with Gasteiger partial charge in [0.1, 0.15) is 0 Å². The molecular weight excluding hydrogens is 302 g/mol. The number of hydrogen-bond donors (Lipinski definition) is 1. The van der Waals surface area contributed by atoms with Gasteiger partial charge in [-0.15, -0.1) is 0 Å². The van der Waals surface area contributed by atoms with Crippen molar-refractivity contribution < 1.29 is 32.2 Å². The molecule has 1 atom stereocenters. The lowest BCUT2D eigenvalue weighted by Gasteiger charge is -2.17. The van der Waals surface area contributed by atoms with Gasteiger partial charge in [-0.3, -0.25) is 0 Å². The van der Waals surface area contributed by atoms with Crippen LogP contribution in [-0.4, -0.2) is 58.1 Å². The molecule has 0 aromatic carbocycles. The largest absolute Gasteiger partial charge is 0.464 e. The van der Waals surface area contributed by atoms with Crippen molar-refractivity contribution in [3.8, 4) is 0 Å². The van der Waals surface area contributed by atoms with E-state index in [1.54, 1.807) is 13.8 Å². The Balaban J connectivity index is 2.73. The summed E-state index contributed by atoms with van der Waals surface area (Å²) in [5.74, 6) is -2.26. The van der Waals surface area contributed by atoms with Gasteiger partial charge in [-0.05, 0) is 26.7 Å². The van der Waals surface area contributed by atoms with Gasteiger partial charge in [-0.25, -0.2) is 18.0 Å². The molecule has 1 aliphatic heterocycles. The van der Waals surface area contributed by atoms with Crippen LogP contribution in [-0.2, 0) is 33.8 Å². The summed E-state index contributed by atoms with van der Waals surface area (Å²) in [6.45, 7) is 3.69. The number of sulfonamides is 1. The van der Waals surface area contributed by atoms with Gasteiger partial charge < -0.3 is 14.2 Å². The van der Waals surface area contributed by atoms with Crippen molar-refractivity contribution in [3.05, 3.63) is 0 Å². The van der Waals surface area contributed by atoms with Crippen LogP contribution in [0.2, 0.25) is 0 Å². The van der Waals surface area contributed by atoms with Gasteiger partial charge in [0.15, 0.2) is 0 Å². The Hall–Kier alpha value is -1.19. The molecule has 1 rings (SSSR count). The SMILES string of the molecule is CCOC(=O)C(NS(=O)(=O)CC1CCCO1)C(=O)OCC. The van der Waals surface area contributed by atoms with E-state index >= 15 is 0 Å². The normalized spacial score (nSPS) is 18.7. The number of nitrogens with one attached hydrogen (secondary N) is 1. The summed E-state index contributed by atoms with van der Waals surface area (Å²) in [5, 5.41) is 0. The average Bonchev–Trinajstić information content (AvgIpc) is 2.88. The zero-order valence-corrected chi connectivity index (χ0v) is 13.0. The van der Waals surface area contributed by atoms with Crippen LogP contribution in [0.1, 0.15) is 26.7 Å². The van der Waals surface area contributed by atoms with E-state index in [-0.39, 0.29) is 19.0 Å². The number of hydrogen-bond acceptors (Lipinski definition) is 7. The molecule has 0 aromatic rings. The molecule has 9 heteroatoms. The molecule has 0 aromatic heterocycles. The molecule has 8 nitrogen and oxygen atoms in total.